The van der Waals surface area contributed by atoms with E-state index >= 15 is 0 Å². The molecule has 4 N–H and O–H groups in total. The third-order valence-electron chi connectivity index (χ3n) is 4.46. The number of carboxylic acids is 1. The minimum Gasteiger partial charge on any atom is -0.480 e. The molecule has 0 aromatic heterocycles. The van der Waals surface area contributed by atoms with Crippen LogP contribution < -0.4 is 5.32 Å². The van der Waals surface area contributed by atoms with E-state index in [1.165, 1.54) is 32.6 Å². The van der Waals surface area contributed by atoms with E-state index in [4.69, 9.17) is 9.84 Å². The van der Waals surface area contributed by atoms with Gasteiger partial charge in [-0.15, -0.1) is 0 Å². The Morgan fingerprint density at radius 2 is 1.47 bits per heavy atom. The molecule has 32 heavy (non-hydrogen) atoms. The van der Waals surface area contributed by atoms with Crippen LogP contribution in [0.4, 0.5) is 0 Å². The number of hydrogen-bond donors (Lipinski definition) is 4. The summed E-state index contributed by atoms with van der Waals surface area (Å²) in [6.45, 7) is 1.79. The lowest BCUT2D eigenvalue weighted by Gasteiger charge is -2.18. The van der Waals surface area contributed by atoms with Gasteiger partial charge in [0.25, 0.3) is 0 Å². The summed E-state index contributed by atoms with van der Waals surface area (Å²) < 4.78 is 25.9. The van der Waals surface area contributed by atoms with Gasteiger partial charge in [-0.1, -0.05) is 58.8 Å². The minimum atomic E-state index is -4.69. The summed E-state index contributed by atoms with van der Waals surface area (Å²) in [5.41, 5.74) is 0. The fraction of sp³-hybridized carbons (Fsp3) is 0.850. The Morgan fingerprint density at radius 3 is 2.03 bits per heavy atom. The number of carbonyl (C=O) groups is 3. The van der Waals surface area contributed by atoms with E-state index in [2.05, 4.69) is 21.3 Å². The second-order valence-corrected chi connectivity index (χ2v) is 8.89. The average Bonchev–Trinajstić information content (AvgIpc) is 2.75. The van der Waals surface area contributed by atoms with Gasteiger partial charge in [-0.05, 0) is 6.42 Å². The van der Waals surface area contributed by atoms with E-state index in [9.17, 15) is 28.9 Å². The fourth-order valence-corrected chi connectivity index (χ4v) is 3.34. The lowest BCUT2D eigenvalue weighted by molar-refractivity contribution is -0.147. The monoisotopic (exact) mass is 483 g/mol. The molecule has 12 heteroatoms. The predicted octanol–water partition coefficient (Wildman–Crippen LogP) is 2.53. The largest absolute Gasteiger partial charge is 0.480 e. The van der Waals surface area contributed by atoms with Gasteiger partial charge >= 0.3 is 19.8 Å². The quantitative estimate of drug-likeness (QED) is 0.115. The second kappa shape index (κ2) is 18.0. The van der Waals surface area contributed by atoms with Crippen molar-refractivity contribution in [3.8, 4) is 0 Å². The van der Waals surface area contributed by atoms with Gasteiger partial charge in [0.2, 0.25) is 5.91 Å². The van der Waals surface area contributed by atoms with E-state index in [1.807, 2.05) is 0 Å². The van der Waals surface area contributed by atoms with Crippen LogP contribution in [0, 0.1) is 0 Å². The van der Waals surface area contributed by atoms with Crippen molar-refractivity contribution in [1.82, 2.24) is 5.32 Å². The molecule has 0 saturated heterocycles. The van der Waals surface area contributed by atoms with Crippen molar-refractivity contribution in [2.24, 2.45) is 0 Å². The van der Waals surface area contributed by atoms with Crippen molar-refractivity contribution in [2.45, 2.75) is 90.2 Å². The van der Waals surface area contributed by atoms with Crippen molar-refractivity contribution in [1.29, 1.82) is 0 Å². The number of aliphatic hydroxyl groups is 1. The van der Waals surface area contributed by atoms with Gasteiger partial charge in [-0.3, -0.25) is 18.6 Å². The first-order chi connectivity index (χ1) is 15.1. The maximum Gasteiger partial charge on any atom is 0.472 e. The zero-order valence-electron chi connectivity index (χ0n) is 19.0. The Balaban J connectivity index is 4.01. The number of phosphoric acid groups is 1. The van der Waals surface area contributed by atoms with Gasteiger partial charge in [0.1, 0.15) is 12.7 Å². The molecule has 0 spiro atoms. The second-order valence-electron chi connectivity index (χ2n) is 7.43. The highest BCUT2D eigenvalue weighted by atomic mass is 31.2. The van der Waals surface area contributed by atoms with Gasteiger partial charge in [0, 0.05) is 12.8 Å². The number of aliphatic carboxylic acids is 1. The molecular formula is C20H38NO10P. The number of ether oxygens (including phenoxy) is 1. The molecule has 1 amide bonds. The third kappa shape index (κ3) is 17.1. The van der Waals surface area contributed by atoms with Gasteiger partial charge < -0.3 is 25.2 Å². The van der Waals surface area contributed by atoms with Crippen LogP contribution in [-0.4, -0.2) is 64.9 Å². The van der Waals surface area contributed by atoms with Crippen molar-refractivity contribution < 1.29 is 47.8 Å². The van der Waals surface area contributed by atoms with Crippen LogP contribution in [0.5, 0.6) is 0 Å². The summed E-state index contributed by atoms with van der Waals surface area (Å²) >= 11 is 0. The molecule has 188 valence electrons. The molecule has 0 aliphatic heterocycles. The Hall–Kier alpha value is -1.52. The van der Waals surface area contributed by atoms with Crippen molar-refractivity contribution >= 4 is 25.7 Å². The summed E-state index contributed by atoms with van der Waals surface area (Å²) in [6, 6.07) is -1.53. The zero-order valence-corrected chi connectivity index (χ0v) is 19.9. The Bertz CT molecular complexity index is 601. The number of amides is 1. The Labute approximate surface area is 189 Å². The van der Waals surface area contributed by atoms with Gasteiger partial charge in [-0.25, -0.2) is 9.36 Å². The van der Waals surface area contributed by atoms with E-state index < -0.39 is 57.6 Å². The number of rotatable bonds is 20. The molecular weight excluding hydrogens is 445 g/mol. The summed E-state index contributed by atoms with van der Waals surface area (Å²) in [5.74, 6) is -2.50. The molecule has 0 bridgehead atoms. The maximum atomic E-state index is 11.8. The molecule has 0 aliphatic rings. The molecule has 0 fully saturated rings. The number of esters is 1. The van der Waals surface area contributed by atoms with Crippen LogP contribution >= 0.6 is 7.82 Å². The normalized spacial score (nSPS) is 14.9. The molecule has 3 atom stereocenters. The average molecular weight is 483 g/mol. The number of carbonyl (C=O) groups excluding carboxylic acids is 2. The fourth-order valence-electron chi connectivity index (χ4n) is 2.57. The topological polar surface area (TPSA) is 169 Å². The zero-order chi connectivity index (χ0) is 24.4. The van der Waals surface area contributed by atoms with Crippen LogP contribution in [0.15, 0.2) is 0 Å². The molecule has 0 aromatic rings. The third-order valence-corrected chi connectivity index (χ3v) is 5.41. The number of carboxylic acid groups (broad SMARTS) is 1. The predicted molar refractivity (Wildman–Crippen MR) is 116 cm³/mol. The molecule has 3 unspecified atom stereocenters. The molecule has 0 aliphatic carbocycles. The van der Waals surface area contributed by atoms with Crippen LogP contribution in [0.25, 0.3) is 0 Å². The number of hydrogen-bond acceptors (Lipinski definition) is 8. The number of phosphoric ester groups is 1. The molecule has 0 heterocycles. The van der Waals surface area contributed by atoms with Crippen molar-refractivity contribution in [2.75, 3.05) is 19.8 Å². The first kappa shape index (κ1) is 30.5. The molecule has 0 rings (SSSR count). The van der Waals surface area contributed by atoms with Gasteiger partial charge in [0.05, 0.1) is 13.2 Å². The van der Waals surface area contributed by atoms with Gasteiger partial charge in [0.15, 0.2) is 6.04 Å². The van der Waals surface area contributed by atoms with Gasteiger partial charge in [-0.2, -0.15) is 0 Å². The summed E-state index contributed by atoms with van der Waals surface area (Å²) in [5, 5.41) is 20.9. The number of nitrogens with one attached hydrogen (secondary N) is 1. The minimum absolute atomic E-state index is 0.0288. The first-order valence-corrected chi connectivity index (χ1v) is 12.6. The summed E-state index contributed by atoms with van der Waals surface area (Å²) in [7, 11) is -4.69. The molecule has 0 saturated carbocycles. The lowest BCUT2D eigenvalue weighted by atomic mass is 10.1. The highest BCUT2D eigenvalue weighted by Gasteiger charge is 2.28. The summed E-state index contributed by atoms with van der Waals surface area (Å²) in [6.07, 6.45) is 7.60. The Kier molecular flexibility index (Phi) is 17.1. The lowest BCUT2D eigenvalue weighted by Crippen LogP contribution is -2.43. The van der Waals surface area contributed by atoms with Crippen molar-refractivity contribution in [3.05, 3.63) is 0 Å². The highest BCUT2D eigenvalue weighted by molar-refractivity contribution is 7.47. The molecule has 11 nitrogen and oxygen atoms in total. The van der Waals surface area contributed by atoms with E-state index in [0.717, 1.165) is 19.3 Å². The van der Waals surface area contributed by atoms with Crippen LogP contribution in [0.3, 0.4) is 0 Å². The van der Waals surface area contributed by atoms with Crippen molar-refractivity contribution in [3.63, 3.8) is 0 Å². The van der Waals surface area contributed by atoms with Crippen LogP contribution in [0.1, 0.15) is 78.1 Å². The number of unbranched alkanes of at least 4 members (excludes halogenated alkanes) is 7. The molecule has 0 radical (unpaired) electrons. The van der Waals surface area contributed by atoms with E-state index in [0.29, 0.717) is 6.42 Å². The standard InChI is InChI=1S/C20H38NO10P/c1-3-5-6-7-8-9-10-11-12-19(24)29-13-16(22)14-30-32(27,28)31-15-17(20(25)26)21-18(23)4-2/h16-17,22H,3-15H2,1-2H3,(H,21,23)(H,25,26)(H,27,28). The number of aliphatic hydroxyl groups excluding tert-OH is 1. The van der Waals surface area contributed by atoms with E-state index in [-0.39, 0.29) is 12.8 Å². The smallest absolute Gasteiger partial charge is 0.472 e. The van der Waals surface area contributed by atoms with Crippen LogP contribution in [0.2, 0.25) is 0 Å². The highest BCUT2D eigenvalue weighted by Crippen LogP contribution is 2.43. The summed E-state index contributed by atoms with van der Waals surface area (Å²) in [4.78, 5) is 43.6. The maximum absolute atomic E-state index is 11.8. The SMILES string of the molecule is CCCCCCCCCCC(=O)OCC(O)COP(=O)(O)OCC(NC(=O)CC)C(=O)O. The van der Waals surface area contributed by atoms with E-state index in [1.54, 1.807) is 0 Å². The molecule has 0 aromatic carbocycles. The first-order valence-electron chi connectivity index (χ1n) is 11.1. The Morgan fingerprint density at radius 1 is 0.906 bits per heavy atom. The van der Waals surface area contributed by atoms with Crippen LogP contribution in [-0.2, 0) is 32.7 Å².